The number of methoxy groups -OCH3 is 1. The second-order valence-electron chi connectivity index (χ2n) is 4.71. The molecule has 7 heteroatoms. The van der Waals surface area contributed by atoms with Crippen LogP contribution >= 0.6 is 0 Å². The van der Waals surface area contributed by atoms with Crippen molar-refractivity contribution < 1.29 is 17.9 Å². The first-order valence-electron chi connectivity index (χ1n) is 6.54. The number of benzene rings is 1. The van der Waals surface area contributed by atoms with Gasteiger partial charge < -0.3 is 9.14 Å². The molecule has 0 fully saturated rings. The number of esters is 1. The number of pyridine rings is 1. The minimum absolute atomic E-state index is 0.125. The molecule has 2 heterocycles. The van der Waals surface area contributed by atoms with Gasteiger partial charge in [-0.3, -0.25) is 0 Å². The van der Waals surface area contributed by atoms with E-state index in [0.29, 0.717) is 16.5 Å². The minimum Gasteiger partial charge on any atom is -0.465 e. The number of hydrogen-bond acceptors (Lipinski definition) is 4. The summed E-state index contributed by atoms with van der Waals surface area (Å²) in [6.07, 6.45) is 1.50. The number of sulfonamides is 1. The second-order valence-corrected chi connectivity index (χ2v) is 6.60. The standard InChI is InChI=1S/C15H14N2O4S/c1-16-22(19,20)10-7-8-13-14(15(18)21-2)11-5-3-4-6-12(11)17(13)9-10/h3-9,16H,1-2H3. The fourth-order valence-electron chi connectivity index (χ4n) is 2.51. The molecule has 0 radical (unpaired) electrons. The Hall–Kier alpha value is -2.38. The minimum atomic E-state index is -3.56. The second kappa shape index (κ2) is 5.11. The summed E-state index contributed by atoms with van der Waals surface area (Å²) in [6, 6.07) is 10.4. The molecule has 114 valence electrons. The number of carbonyl (C=O) groups is 1. The Morgan fingerprint density at radius 1 is 1.14 bits per heavy atom. The molecule has 0 aliphatic carbocycles. The maximum atomic E-state index is 12.1. The number of hydrogen-bond donors (Lipinski definition) is 1. The summed E-state index contributed by atoms with van der Waals surface area (Å²) >= 11 is 0. The Labute approximate surface area is 127 Å². The van der Waals surface area contributed by atoms with Crippen LogP contribution in [0, 0.1) is 0 Å². The Kier molecular flexibility index (Phi) is 3.38. The molecule has 0 spiro atoms. The van der Waals surface area contributed by atoms with Gasteiger partial charge in [0.25, 0.3) is 0 Å². The molecule has 2 aromatic heterocycles. The third-order valence-electron chi connectivity index (χ3n) is 3.58. The van der Waals surface area contributed by atoms with Crippen LogP contribution in [0.4, 0.5) is 0 Å². The van der Waals surface area contributed by atoms with E-state index in [0.717, 1.165) is 5.52 Å². The van der Waals surface area contributed by atoms with Crippen LogP contribution in [-0.2, 0) is 14.8 Å². The first kappa shape index (κ1) is 14.6. The lowest BCUT2D eigenvalue weighted by atomic mass is 10.1. The molecule has 1 aromatic carbocycles. The summed E-state index contributed by atoms with van der Waals surface area (Å²) in [7, 11) is -0.888. The average Bonchev–Trinajstić information content (AvgIpc) is 2.88. The van der Waals surface area contributed by atoms with Gasteiger partial charge >= 0.3 is 5.97 Å². The van der Waals surface area contributed by atoms with Crippen LogP contribution < -0.4 is 4.72 Å². The number of carbonyl (C=O) groups excluding carboxylic acids is 1. The summed E-state index contributed by atoms with van der Waals surface area (Å²) in [4.78, 5) is 12.2. The van der Waals surface area contributed by atoms with Gasteiger partial charge in [0.2, 0.25) is 10.0 Å². The van der Waals surface area contributed by atoms with Crippen molar-refractivity contribution in [2.75, 3.05) is 14.2 Å². The normalized spacial score (nSPS) is 11.9. The van der Waals surface area contributed by atoms with E-state index >= 15 is 0 Å². The van der Waals surface area contributed by atoms with Gasteiger partial charge in [0.05, 0.1) is 28.6 Å². The number of para-hydroxylation sites is 1. The van der Waals surface area contributed by atoms with E-state index in [1.54, 1.807) is 16.5 Å². The highest BCUT2D eigenvalue weighted by molar-refractivity contribution is 7.89. The topological polar surface area (TPSA) is 76.9 Å². The predicted octanol–water partition coefficient (Wildman–Crippen LogP) is 1.79. The lowest BCUT2D eigenvalue weighted by Gasteiger charge is -2.04. The van der Waals surface area contributed by atoms with Gasteiger partial charge in [0, 0.05) is 11.6 Å². The lowest BCUT2D eigenvalue weighted by molar-refractivity contribution is 0.0605. The van der Waals surface area contributed by atoms with Crippen LogP contribution in [0.5, 0.6) is 0 Å². The molecule has 0 atom stereocenters. The molecule has 1 N–H and O–H groups in total. The highest BCUT2D eigenvalue weighted by Crippen LogP contribution is 2.28. The molecule has 3 rings (SSSR count). The molecule has 22 heavy (non-hydrogen) atoms. The zero-order chi connectivity index (χ0) is 15.9. The molecule has 0 saturated carbocycles. The molecule has 0 saturated heterocycles. The molecule has 0 aliphatic heterocycles. The van der Waals surface area contributed by atoms with Gasteiger partial charge in [-0.1, -0.05) is 18.2 Å². The SMILES string of the molecule is CNS(=O)(=O)c1ccc2c(C(=O)OC)c3ccccc3n2c1. The van der Waals surface area contributed by atoms with Gasteiger partial charge in [0.15, 0.2) is 0 Å². The number of nitrogens with zero attached hydrogens (tertiary/aromatic N) is 1. The number of nitrogens with one attached hydrogen (secondary N) is 1. The monoisotopic (exact) mass is 318 g/mol. The maximum absolute atomic E-state index is 12.1. The van der Waals surface area contributed by atoms with Crippen LogP contribution in [0.25, 0.3) is 16.4 Å². The zero-order valence-electron chi connectivity index (χ0n) is 12.0. The molecular formula is C15H14N2O4S. The molecule has 3 aromatic rings. The van der Waals surface area contributed by atoms with E-state index < -0.39 is 16.0 Å². The fourth-order valence-corrected chi connectivity index (χ4v) is 3.24. The summed E-state index contributed by atoms with van der Waals surface area (Å²) in [5.74, 6) is -0.456. The van der Waals surface area contributed by atoms with E-state index in [1.807, 2.05) is 18.2 Å². The maximum Gasteiger partial charge on any atom is 0.340 e. The highest BCUT2D eigenvalue weighted by Gasteiger charge is 2.20. The molecule has 6 nitrogen and oxygen atoms in total. The van der Waals surface area contributed by atoms with Crippen LogP contribution in [0.3, 0.4) is 0 Å². The molecule has 0 amide bonds. The number of aromatic nitrogens is 1. The third kappa shape index (κ3) is 2.06. The Balaban J connectivity index is 2.44. The van der Waals surface area contributed by atoms with Crippen molar-refractivity contribution in [1.82, 2.24) is 9.12 Å². The molecule has 0 aliphatic rings. The van der Waals surface area contributed by atoms with E-state index in [2.05, 4.69) is 4.72 Å². The summed E-state index contributed by atoms with van der Waals surface area (Å²) < 4.78 is 32.7. The van der Waals surface area contributed by atoms with Crippen LogP contribution in [0.1, 0.15) is 10.4 Å². The fraction of sp³-hybridized carbons (Fsp3) is 0.133. The van der Waals surface area contributed by atoms with Crippen LogP contribution in [-0.4, -0.2) is 32.9 Å². The average molecular weight is 318 g/mol. The Morgan fingerprint density at radius 2 is 1.86 bits per heavy atom. The van der Waals surface area contributed by atoms with Crippen molar-refractivity contribution in [3.05, 3.63) is 48.2 Å². The first-order valence-corrected chi connectivity index (χ1v) is 8.02. The Bertz CT molecular complexity index is 989. The number of rotatable bonds is 3. The van der Waals surface area contributed by atoms with E-state index in [9.17, 15) is 13.2 Å². The van der Waals surface area contributed by atoms with Crippen molar-refractivity contribution in [2.24, 2.45) is 0 Å². The van der Waals surface area contributed by atoms with Crippen molar-refractivity contribution >= 4 is 32.4 Å². The lowest BCUT2D eigenvalue weighted by Crippen LogP contribution is -2.18. The Morgan fingerprint density at radius 3 is 2.55 bits per heavy atom. The predicted molar refractivity (Wildman–Crippen MR) is 82.5 cm³/mol. The van der Waals surface area contributed by atoms with E-state index in [4.69, 9.17) is 4.74 Å². The van der Waals surface area contributed by atoms with Crippen molar-refractivity contribution in [1.29, 1.82) is 0 Å². The summed E-state index contributed by atoms with van der Waals surface area (Å²) in [5, 5.41) is 0.716. The third-order valence-corrected chi connectivity index (χ3v) is 4.98. The molecule has 0 bridgehead atoms. The zero-order valence-corrected chi connectivity index (χ0v) is 12.8. The van der Waals surface area contributed by atoms with Gasteiger partial charge in [-0.15, -0.1) is 0 Å². The van der Waals surface area contributed by atoms with E-state index in [1.165, 1.54) is 26.4 Å². The summed E-state index contributed by atoms with van der Waals surface area (Å²) in [6.45, 7) is 0. The van der Waals surface area contributed by atoms with Crippen LogP contribution in [0.2, 0.25) is 0 Å². The van der Waals surface area contributed by atoms with Crippen molar-refractivity contribution in [2.45, 2.75) is 4.90 Å². The van der Waals surface area contributed by atoms with Gasteiger partial charge in [-0.05, 0) is 25.2 Å². The summed E-state index contributed by atoms with van der Waals surface area (Å²) in [5.41, 5.74) is 1.76. The largest absolute Gasteiger partial charge is 0.465 e. The number of ether oxygens (including phenoxy) is 1. The van der Waals surface area contributed by atoms with Crippen molar-refractivity contribution in [3.8, 4) is 0 Å². The number of fused-ring (bicyclic) bond motifs is 3. The molecular weight excluding hydrogens is 304 g/mol. The molecule has 0 unspecified atom stereocenters. The first-order chi connectivity index (χ1) is 10.5. The smallest absolute Gasteiger partial charge is 0.340 e. The highest BCUT2D eigenvalue weighted by atomic mass is 32.2. The van der Waals surface area contributed by atoms with Gasteiger partial charge in [-0.25, -0.2) is 17.9 Å². The van der Waals surface area contributed by atoms with Gasteiger partial charge in [0.1, 0.15) is 0 Å². The van der Waals surface area contributed by atoms with Crippen molar-refractivity contribution in [3.63, 3.8) is 0 Å². The van der Waals surface area contributed by atoms with Gasteiger partial charge in [-0.2, -0.15) is 0 Å². The van der Waals surface area contributed by atoms with Crippen LogP contribution in [0.15, 0.2) is 47.5 Å². The van der Waals surface area contributed by atoms with E-state index in [-0.39, 0.29) is 4.90 Å². The quantitative estimate of drug-likeness (QED) is 0.747.